The van der Waals surface area contributed by atoms with Crippen LogP contribution in [0.15, 0.2) is 4.52 Å². The topological polar surface area (TPSA) is 38.9 Å². The molecular formula is C16H23ClN2O. The second-order valence-electron chi connectivity index (χ2n) is 8.48. The van der Waals surface area contributed by atoms with Crippen molar-refractivity contribution in [3.63, 3.8) is 0 Å². The minimum absolute atomic E-state index is 0.149. The van der Waals surface area contributed by atoms with E-state index < -0.39 is 0 Å². The third kappa shape index (κ3) is 1.78. The summed E-state index contributed by atoms with van der Waals surface area (Å²) in [4.78, 5) is 4.65. The van der Waals surface area contributed by atoms with E-state index in [4.69, 9.17) is 16.1 Å². The molecule has 0 spiro atoms. The molecule has 1 aromatic heterocycles. The third-order valence-electron chi connectivity index (χ3n) is 5.88. The normalized spacial score (nSPS) is 47.7. The van der Waals surface area contributed by atoms with Crippen LogP contribution in [0.3, 0.4) is 0 Å². The van der Waals surface area contributed by atoms with Gasteiger partial charge >= 0.3 is 0 Å². The number of halogens is 1. The van der Waals surface area contributed by atoms with Gasteiger partial charge in [-0.15, -0.1) is 11.6 Å². The van der Waals surface area contributed by atoms with Gasteiger partial charge in [0.1, 0.15) is 5.38 Å². The SMILES string of the molecule is CC(Cl)c1nc(C23CC4CC(C)(CC(C)(C4)C2)C3)no1. The molecule has 1 aromatic rings. The first kappa shape index (κ1) is 13.1. The lowest BCUT2D eigenvalue weighted by Crippen LogP contribution is -2.57. The van der Waals surface area contributed by atoms with Crippen molar-refractivity contribution in [3.05, 3.63) is 11.7 Å². The number of hydrogen-bond acceptors (Lipinski definition) is 3. The van der Waals surface area contributed by atoms with Crippen LogP contribution in [0.1, 0.15) is 76.4 Å². The molecule has 0 N–H and O–H groups in total. The minimum Gasteiger partial charge on any atom is -0.338 e. The molecule has 4 aliphatic carbocycles. The molecule has 20 heavy (non-hydrogen) atoms. The number of rotatable bonds is 2. The predicted molar refractivity (Wildman–Crippen MR) is 77.7 cm³/mol. The van der Waals surface area contributed by atoms with E-state index in [0.29, 0.717) is 16.7 Å². The molecule has 3 atom stereocenters. The molecule has 4 fully saturated rings. The van der Waals surface area contributed by atoms with Gasteiger partial charge in [-0.2, -0.15) is 4.98 Å². The van der Waals surface area contributed by atoms with Gasteiger partial charge in [0.25, 0.3) is 0 Å². The lowest BCUT2D eigenvalue weighted by atomic mass is 9.40. The molecule has 0 aliphatic heterocycles. The maximum Gasteiger partial charge on any atom is 0.244 e. The van der Waals surface area contributed by atoms with Gasteiger partial charge < -0.3 is 4.52 Å². The van der Waals surface area contributed by atoms with E-state index >= 15 is 0 Å². The van der Waals surface area contributed by atoms with Gasteiger partial charge in [0.05, 0.1) is 0 Å². The highest BCUT2D eigenvalue weighted by Crippen LogP contribution is 2.69. The van der Waals surface area contributed by atoms with Crippen LogP contribution in [-0.2, 0) is 5.41 Å². The molecule has 1 heterocycles. The molecule has 0 aromatic carbocycles. The molecule has 4 heteroatoms. The minimum atomic E-state index is -0.198. The van der Waals surface area contributed by atoms with E-state index in [1.165, 1.54) is 38.5 Å². The van der Waals surface area contributed by atoms with Crippen LogP contribution in [0, 0.1) is 16.7 Å². The van der Waals surface area contributed by atoms with Crippen molar-refractivity contribution in [1.29, 1.82) is 0 Å². The highest BCUT2D eigenvalue weighted by Gasteiger charge is 2.62. The second-order valence-corrected chi connectivity index (χ2v) is 9.14. The Morgan fingerprint density at radius 2 is 1.80 bits per heavy atom. The highest BCUT2D eigenvalue weighted by atomic mass is 35.5. The van der Waals surface area contributed by atoms with Crippen LogP contribution in [0.5, 0.6) is 0 Å². The summed E-state index contributed by atoms with van der Waals surface area (Å²) in [5.41, 5.74) is 1.10. The molecule has 4 bridgehead atoms. The molecule has 3 nitrogen and oxygen atoms in total. The zero-order chi connectivity index (χ0) is 14.2. The summed E-state index contributed by atoms with van der Waals surface area (Å²) in [6.45, 7) is 6.83. The fraction of sp³-hybridized carbons (Fsp3) is 0.875. The number of alkyl halides is 1. The van der Waals surface area contributed by atoms with Crippen LogP contribution < -0.4 is 0 Å². The van der Waals surface area contributed by atoms with Gasteiger partial charge in [0.2, 0.25) is 5.89 Å². The fourth-order valence-corrected chi connectivity index (χ4v) is 6.40. The Labute approximate surface area is 125 Å². The average molecular weight is 295 g/mol. The van der Waals surface area contributed by atoms with E-state index in [9.17, 15) is 0 Å². The Bertz CT molecular complexity index is 534. The maximum absolute atomic E-state index is 6.08. The van der Waals surface area contributed by atoms with Crippen LogP contribution in [0.4, 0.5) is 0 Å². The van der Waals surface area contributed by atoms with Crippen LogP contribution in [-0.4, -0.2) is 10.1 Å². The largest absolute Gasteiger partial charge is 0.338 e. The molecule has 4 aliphatic rings. The Morgan fingerprint density at radius 1 is 1.15 bits per heavy atom. The van der Waals surface area contributed by atoms with Crippen molar-refractivity contribution in [2.75, 3.05) is 0 Å². The summed E-state index contributed by atoms with van der Waals surface area (Å²) in [6, 6.07) is 0. The van der Waals surface area contributed by atoms with Gasteiger partial charge in [0, 0.05) is 5.41 Å². The summed E-state index contributed by atoms with van der Waals surface area (Å²) >= 11 is 6.08. The van der Waals surface area contributed by atoms with Gasteiger partial charge in [-0.3, -0.25) is 0 Å². The van der Waals surface area contributed by atoms with Crippen LogP contribution >= 0.6 is 11.6 Å². The van der Waals surface area contributed by atoms with Crippen LogP contribution in [0.25, 0.3) is 0 Å². The smallest absolute Gasteiger partial charge is 0.244 e. The first-order valence-corrected chi connectivity index (χ1v) is 8.23. The number of nitrogens with zero attached hydrogens (tertiary/aromatic N) is 2. The standard InChI is InChI=1S/C16H23ClN2O/c1-10(17)12-18-13(19-20-12)16-6-11-4-14(2,8-16)7-15(3,5-11)9-16/h10-11H,4-9H2,1-3H3. The monoisotopic (exact) mass is 294 g/mol. The third-order valence-corrected chi connectivity index (χ3v) is 6.07. The Morgan fingerprint density at radius 3 is 2.30 bits per heavy atom. The van der Waals surface area contributed by atoms with Crippen LogP contribution in [0.2, 0.25) is 0 Å². The molecule has 4 saturated carbocycles. The Hall–Kier alpha value is -0.570. The Balaban J connectivity index is 1.76. The maximum atomic E-state index is 6.08. The zero-order valence-corrected chi connectivity index (χ0v) is 13.3. The van der Waals surface area contributed by atoms with Gasteiger partial charge in [-0.1, -0.05) is 19.0 Å². The quantitative estimate of drug-likeness (QED) is 0.747. The highest BCUT2D eigenvalue weighted by molar-refractivity contribution is 6.20. The molecule has 5 rings (SSSR count). The fourth-order valence-electron chi connectivity index (χ4n) is 6.31. The van der Waals surface area contributed by atoms with Crippen molar-refractivity contribution in [2.24, 2.45) is 16.7 Å². The summed E-state index contributed by atoms with van der Waals surface area (Å²) < 4.78 is 5.39. The van der Waals surface area contributed by atoms with Crippen molar-refractivity contribution >= 4 is 11.6 Å². The van der Waals surface area contributed by atoms with Gasteiger partial charge in [-0.05, 0) is 62.2 Å². The summed E-state index contributed by atoms with van der Waals surface area (Å²) in [6.07, 6.45) is 7.84. The second kappa shape index (κ2) is 3.79. The predicted octanol–water partition coefficient (Wildman–Crippen LogP) is 4.62. The van der Waals surface area contributed by atoms with Crippen molar-refractivity contribution < 1.29 is 4.52 Å². The first-order valence-electron chi connectivity index (χ1n) is 7.80. The average Bonchev–Trinajstić information content (AvgIpc) is 2.72. The Kier molecular flexibility index (Phi) is 2.49. The van der Waals surface area contributed by atoms with E-state index in [2.05, 4.69) is 24.0 Å². The molecular weight excluding hydrogens is 272 g/mol. The molecule has 0 amide bonds. The van der Waals surface area contributed by atoms with Crippen molar-refractivity contribution in [1.82, 2.24) is 10.1 Å². The van der Waals surface area contributed by atoms with E-state index in [1.807, 2.05) is 6.92 Å². The summed E-state index contributed by atoms with van der Waals surface area (Å²) in [5, 5.41) is 4.12. The molecule has 0 saturated heterocycles. The lowest BCUT2D eigenvalue weighted by molar-refractivity contribution is -0.113. The summed E-state index contributed by atoms with van der Waals surface area (Å²) in [5.74, 6) is 2.35. The van der Waals surface area contributed by atoms with E-state index in [1.54, 1.807) is 0 Å². The zero-order valence-electron chi connectivity index (χ0n) is 12.6. The van der Waals surface area contributed by atoms with E-state index in [0.717, 1.165) is 11.7 Å². The molecule has 3 unspecified atom stereocenters. The summed E-state index contributed by atoms with van der Waals surface area (Å²) in [7, 11) is 0. The van der Waals surface area contributed by atoms with E-state index in [-0.39, 0.29) is 10.8 Å². The molecule has 110 valence electrons. The van der Waals surface area contributed by atoms with Gasteiger partial charge in [0.15, 0.2) is 5.82 Å². The van der Waals surface area contributed by atoms with Crippen molar-refractivity contribution in [2.45, 2.75) is 70.1 Å². The number of hydrogen-bond donors (Lipinski definition) is 0. The lowest BCUT2D eigenvalue weighted by Gasteiger charge is -2.64. The first-order chi connectivity index (χ1) is 9.32. The molecule has 0 radical (unpaired) electrons. The van der Waals surface area contributed by atoms with Gasteiger partial charge in [-0.25, -0.2) is 0 Å². The van der Waals surface area contributed by atoms with Crippen molar-refractivity contribution in [3.8, 4) is 0 Å². The number of aromatic nitrogens is 2.